The molecule has 0 aromatic heterocycles. The Kier molecular flexibility index (Phi) is 16.9. The highest BCUT2D eigenvalue weighted by atomic mass is 16.5. The Balaban J connectivity index is 0. The van der Waals surface area contributed by atoms with Gasteiger partial charge in [-0.2, -0.15) is 0 Å². The van der Waals surface area contributed by atoms with E-state index in [1.165, 1.54) is 32.4 Å². The molecule has 0 amide bonds. The molecule has 0 radical (unpaired) electrons. The first-order valence-electron chi connectivity index (χ1n) is 7.65. The second-order valence-electron chi connectivity index (χ2n) is 4.71. The fraction of sp³-hybridized carbons (Fsp3) is 0.765. The van der Waals surface area contributed by atoms with E-state index in [2.05, 4.69) is 31.9 Å². The van der Waals surface area contributed by atoms with Gasteiger partial charge in [-0.1, -0.05) is 53.0 Å². The quantitative estimate of drug-likeness (QED) is 0.680. The minimum atomic E-state index is 0.650. The summed E-state index contributed by atoms with van der Waals surface area (Å²) >= 11 is 0. The van der Waals surface area contributed by atoms with Crippen molar-refractivity contribution in [1.29, 1.82) is 0 Å². The molecule has 1 heterocycles. The van der Waals surface area contributed by atoms with E-state index < -0.39 is 0 Å². The summed E-state index contributed by atoms with van der Waals surface area (Å²) in [5.74, 6) is 0.927. The molecule has 1 rings (SSSR count). The minimum absolute atomic E-state index is 0.650. The van der Waals surface area contributed by atoms with E-state index in [4.69, 9.17) is 4.74 Å². The minimum Gasteiger partial charge on any atom is -0.383 e. The molecule has 2 heteroatoms. The molecule has 0 saturated carbocycles. The molecular formula is C17H35NO. The van der Waals surface area contributed by atoms with Crippen molar-refractivity contribution in [3.8, 4) is 0 Å². The summed E-state index contributed by atoms with van der Waals surface area (Å²) in [4.78, 5) is 2.59. The van der Waals surface area contributed by atoms with Crippen molar-refractivity contribution in [2.24, 2.45) is 5.92 Å². The van der Waals surface area contributed by atoms with Crippen LogP contribution in [0.15, 0.2) is 25.3 Å². The maximum Gasteiger partial charge on any atom is 0.0617 e. The fourth-order valence-electron chi connectivity index (χ4n) is 2.07. The molecule has 0 spiro atoms. The van der Waals surface area contributed by atoms with Gasteiger partial charge in [-0.05, 0) is 38.3 Å². The Hall–Kier alpha value is -0.600. The maximum atomic E-state index is 5.23. The summed E-state index contributed by atoms with van der Waals surface area (Å²) in [5.41, 5.74) is 0. The lowest BCUT2D eigenvalue weighted by molar-refractivity contribution is 0.0649. The molecule has 1 atom stereocenters. The summed E-state index contributed by atoms with van der Waals surface area (Å²) in [6.45, 7) is 18.8. The van der Waals surface area contributed by atoms with Gasteiger partial charge in [0.25, 0.3) is 0 Å². The SMILES string of the molecule is C=CC=C.CC.CC[C@H](COC)N1CCC(C)CC1. The van der Waals surface area contributed by atoms with Crippen LogP contribution in [-0.2, 0) is 4.74 Å². The van der Waals surface area contributed by atoms with Crippen LogP contribution in [0.2, 0.25) is 0 Å². The standard InChI is InChI=1S/C11H23NO.C4H6.C2H6/c1-4-11(9-13-3)12-7-5-10(2)6-8-12;1-3-4-2;1-2/h10-11H,4-9H2,1-3H3;3-4H,1-2H2;1-2H3/t11-;;/m1../s1. The predicted octanol–water partition coefficient (Wildman–Crippen LogP) is 4.53. The number of allylic oxidation sites excluding steroid dienone is 2. The van der Waals surface area contributed by atoms with Crippen molar-refractivity contribution >= 4 is 0 Å². The number of likely N-dealkylation sites (tertiary alicyclic amines) is 1. The molecule has 19 heavy (non-hydrogen) atoms. The van der Waals surface area contributed by atoms with Gasteiger partial charge in [0.15, 0.2) is 0 Å². The molecule has 0 aromatic rings. The number of hydrogen-bond donors (Lipinski definition) is 0. The van der Waals surface area contributed by atoms with Crippen LogP contribution in [0.25, 0.3) is 0 Å². The highest BCUT2D eigenvalue weighted by Crippen LogP contribution is 2.19. The zero-order valence-corrected chi connectivity index (χ0v) is 13.8. The predicted molar refractivity (Wildman–Crippen MR) is 87.7 cm³/mol. The second-order valence-corrected chi connectivity index (χ2v) is 4.71. The number of ether oxygens (including phenoxy) is 1. The molecule has 1 saturated heterocycles. The number of rotatable bonds is 5. The van der Waals surface area contributed by atoms with Crippen molar-refractivity contribution in [3.05, 3.63) is 25.3 Å². The third-order valence-corrected chi connectivity index (χ3v) is 3.33. The number of piperidine rings is 1. The molecule has 1 aliphatic rings. The summed E-state index contributed by atoms with van der Waals surface area (Å²) in [5, 5.41) is 0. The van der Waals surface area contributed by atoms with Crippen LogP contribution in [0.1, 0.15) is 47.0 Å². The van der Waals surface area contributed by atoms with E-state index in [0.717, 1.165) is 12.5 Å². The molecule has 114 valence electrons. The first-order valence-corrected chi connectivity index (χ1v) is 7.65. The molecular weight excluding hydrogens is 234 g/mol. The topological polar surface area (TPSA) is 12.5 Å². The first kappa shape index (κ1) is 20.7. The van der Waals surface area contributed by atoms with Crippen molar-refractivity contribution in [3.63, 3.8) is 0 Å². The lowest BCUT2D eigenvalue weighted by atomic mass is 9.97. The van der Waals surface area contributed by atoms with Gasteiger partial charge in [-0.3, -0.25) is 4.90 Å². The van der Waals surface area contributed by atoms with Crippen LogP contribution in [0.4, 0.5) is 0 Å². The van der Waals surface area contributed by atoms with Gasteiger partial charge in [0, 0.05) is 13.2 Å². The normalized spacial score (nSPS) is 17.3. The van der Waals surface area contributed by atoms with Gasteiger partial charge in [0.05, 0.1) is 6.61 Å². The maximum absolute atomic E-state index is 5.23. The van der Waals surface area contributed by atoms with E-state index in [1.54, 1.807) is 19.3 Å². The highest BCUT2D eigenvalue weighted by molar-refractivity contribution is 4.88. The van der Waals surface area contributed by atoms with Crippen LogP contribution in [0.3, 0.4) is 0 Å². The van der Waals surface area contributed by atoms with E-state index in [0.29, 0.717) is 6.04 Å². The van der Waals surface area contributed by atoms with Gasteiger partial charge >= 0.3 is 0 Å². The Bertz CT molecular complexity index is 189. The van der Waals surface area contributed by atoms with Crippen LogP contribution in [0.5, 0.6) is 0 Å². The Labute approximate surface area is 121 Å². The number of methoxy groups -OCH3 is 1. The van der Waals surface area contributed by atoms with Gasteiger partial charge in [0.1, 0.15) is 0 Å². The van der Waals surface area contributed by atoms with E-state index in [9.17, 15) is 0 Å². The van der Waals surface area contributed by atoms with Gasteiger partial charge in [-0.15, -0.1) is 0 Å². The molecule has 0 aliphatic carbocycles. The largest absolute Gasteiger partial charge is 0.383 e. The zero-order chi connectivity index (χ0) is 15.1. The number of hydrogen-bond acceptors (Lipinski definition) is 2. The lowest BCUT2D eigenvalue weighted by Crippen LogP contribution is -2.42. The summed E-state index contributed by atoms with van der Waals surface area (Å²) < 4.78 is 5.23. The number of nitrogens with zero attached hydrogens (tertiary/aromatic N) is 1. The van der Waals surface area contributed by atoms with E-state index in [-0.39, 0.29) is 0 Å². The van der Waals surface area contributed by atoms with Gasteiger partial charge in [-0.25, -0.2) is 0 Å². The van der Waals surface area contributed by atoms with Crippen LogP contribution in [-0.4, -0.2) is 37.7 Å². The Morgan fingerprint density at radius 2 is 1.68 bits per heavy atom. The van der Waals surface area contributed by atoms with Crippen molar-refractivity contribution in [2.45, 2.75) is 53.0 Å². The molecule has 0 unspecified atom stereocenters. The molecule has 1 fully saturated rings. The van der Waals surface area contributed by atoms with Crippen molar-refractivity contribution < 1.29 is 4.74 Å². The third kappa shape index (κ3) is 11.0. The van der Waals surface area contributed by atoms with Crippen molar-refractivity contribution in [1.82, 2.24) is 4.90 Å². The summed E-state index contributed by atoms with van der Waals surface area (Å²) in [7, 11) is 1.80. The van der Waals surface area contributed by atoms with Gasteiger partial charge in [0.2, 0.25) is 0 Å². The van der Waals surface area contributed by atoms with Crippen molar-refractivity contribution in [2.75, 3.05) is 26.8 Å². The first-order chi connectivity index (χ1) is 9.19. The van der Waals surface area contributed by atoms with Crippen LogP contribution in [0, 0.1) is 5.92 Å². The average Bonchev–Trinajstić information content (AvgIpc) is 2.48. The summed E-state index contributed by atoms with van der Waals surface area (Å²) in [6.07, 6.45) is 7.21. The highest BCUT2D eigenvalue weighted by Gasteiger charge is 2.21. The lowest BCUT2D eigenvalue weighted by Gasteiger charge is -2.35. The fourth-order valence-corrected chi connectivity index (χ4v) is 2.07. The second kappa shape index (κ2) is 15.5. The van der Waals surface area contributed by atoms with E-state index in [1.807, 2.05) is 13.8 Å². The third-order valence-electron chi connectivity index (χ3n) is 3.33. The molecule has 2 nitrogen and oxygen atoms in total. The van der Waals surface area contributed by atoms with Crippen LogP contribution < -0.4 is 0 Å². The molecule has 1 aliphatic heterocycles. The van der Waals surface area contributed by atoms with E-state index >= 15 is 0 Å². The Morgan fingerprint density at radius 1 is 1.21 bits per heavy atom. The molecule has 0 N–H and O–H groups in total. The smallest absolute Gasteiger partial charge is 0.0617 e. The summed E-state index contributed by atoms with van der Waals surface area (Å²) in [6, 6.07) is 0.650. The zero-order valence-electron chi connectivity index (χ0n) is 13.8. The Morgan fingerprint density at radius 3 is 2.00 bits per heavy atom. The molecule has 0 bridgehead atoms. The average molecular weight is 269 g/mol. The van der Waals surface area contributed by atoms with Crippen LogP contribution >= 0.6 is 0 Å². The molecule has 0 aromatic carbocycles. The van der Waals surface area contributed by atoms with Gasteiger partial charge < -0.3 is 4.74 Å². The monoisotopic (exact) mass is 269 g/mol.